The molecule has 0 saturated carbocycles. The summed E-state index contributed by atoms with van der Waals surface area (Å²) in [6.07, 6.45) is -7.07. The normalized spacial score (nSPS) is 18.3. The van der Waals surface area contributed by atoms with Gasteiger partial charge in [-0.15, -0.1) is 0 Å². The number of piperidine rings is 1. The van der Waals surface area contributed by atoms with Crippen molar-refractivity contribution < 1.29 is 27.5 Å². The number of carbonyl (C=O) groups is 2. The van der Waals surface area contributed by atoms with Gasteiger partial charge in [0, 0.05) is 35.3 Å². The number of hydrogen-bond donors (Lipinski definition) is 1. The summed E-state index contributed by atoms with van der Waals surface area (Å²) < 4.78 is 45.3. The van der Waals surface area contributed by atoms with Crippen molar-refractivity contribution in [2.75, 3.05) is 25.0 Å². The van der Waals surface area contributed by atoms with E-state index in [1.54, 1.807) is 30.3 Å². The van der Waals surface area contributed by atoms with Crippen LogP contribution in [0.2, 0.25) is 5.02 Å². The van der Waals surface area contributed by atoms with E-state index in [0.29, 0.717) is 30.0 Å². The number of rotatable bonds is 6. The van der Waals surface area contributed by atoms with Crippen LogP contribution >= 0.6 is 11.6 Å². The summed E-state index contributed by atoms with van der Waals surface area (Å²) in [5.41, 5.74) is 0.808. The number of carbonyl (C=O) groups excluding carboxylic acids is 2. The number of likely N-dealkylation sites (tertiary alicyclic amines) is 1. The number of anilines is 1. The van der Waals surface area contributed by atoms with E-state index in [4.69, 9.17) is 16.3 Å². The number of halogens is 4. The highest BCUT2D eigenvalue weighted by molar-refractivity contribution is 6.30. The molecule has 1 saturated heterocycles. The van der Waals surface area contributed by atoms with Crippen LogP contribution in [0.25, 0.3) is 0 Å². The molecular weight excluding hydrogens is 433 g/mol. The van der Waals surface area contributed by atoms with Crippen LogP contribution in [0.4, 0.5) is 23.7 Å². The van der Waals surface area contributed by atoms with Crippen LogP contribution in [0.5, 0.6) is 0 Å². The molecule has 1 N–H and O–H groups in total. The SMILES string of the molecule is O=C(Nc1ccc(Cl)cc1)OC(CN1CCC[C@H](C(=O)c2ccccc2)C1)C(F)(F)F. The molecule has 5 nitrogen and oxygen atoms in total. The Hall–Kier alpha value is -2.58. The van der Waals surface area contributed by atoms with Gasteiger partial charge in [0.25, 0.3) is 0 Å². The fourth-order valence-corrected chi connectivity index (χ4v) is 3.65. The quantitative estimate of drug-likeness (QED) is 0.592. The van der Waals surface area contributed by atoms with Gasteiger partial charge in [-0.2, -0.15) is 13.2 Å². The molecule has 0 spiro atoms. The maximum atomic E-state index is 13.5. The van der Waals surface area contributed by atoms with Crippen LogP contribution in [-0.2, 0) is 4.74 Å². The molecule has 0 aliphatic carbocycles. The van der Waals surface area contributed by atoms with Crippen molar-refractivity contribution in [1.29, 1.82) is 0 Å². The Labute approximate surface area is 183 Å². The van der Waals surface area contributed by atoms with Crippen LogP contribution in [0, 0.1) is 5.92 Å². The van der Waals surface area contributed by atoms with E-state index in [-0.39, 0.29) is 18.0 Å². The molecule has 1 amide bonds. The van der Waals surface area contributed by atoms with Gasteiger partial charge < -0.3 is 4.74 Å². The third-order valence-corrected chi connectivity index (χ3v) is 5.32. The van der Waals surface area contributed by atoms with Crippen molar-refractivity contribution in [3.05, 3.63) is 65.2 Å². The molecule has 2 aromatic carbocycles. The predicted molar refractivity (Wildman–Crippen MR) is 111 cm³/mol. The molecule has 2 aromatic rings. The lowest BCUT2D eigenvalue weighted by molar-refractivity contribution is -0.207. The first kappa shape index (κ1) is 23.1. The molecule has 1 heterocycles. The monoisotopic (exact) mass is 454 g/mol. The molecule has 2 atom stereocenters. The van der Waals surface area contributed by atoms with Gasteiger partial charge in [-0.1, -0.05) is 41.9 Å². The number of ketones is 1. The van der Waals surface area contributed by atoms with E-state index in [1.165, 1.54) is 29.2 Å². The summed E-state index contributed by atoms with van der Waals surface area (Å²) in [7, 11) is 0. The van der Waals surface area contributed by atoms with Gasteiger partial charge in [-0.25, -0.2) is 4.79 Å². The van der Waals surface area contributed by atoms with Crippen molar-refractivity contribution in [2.24, 2.45) is 5.92 Å². The molecule has 9 heteroatoms. The van der Waals surface area contributed by atoms with E-state index in [2.05, 4.69) is 5.32 Å². The Kier molecular flexibility index (Phi) is 7.56. The Morgan fingerprint density at radius 3 is 2.45 bits per heavy atom. The summed E-state index contributed by atoms with van der Waals surface area (Å²) in [5.74, 6) is -0.483. The van der Waals surface area contributed by atoms with Gasteiger partial charge in [-0.3, -0.25) is 15.0 Å². The first-order valence-electron chi connectivity index (χ1n) is 9.84. The molecule has 1 aliphatic rings. The van der Waals surface area contributed by atoms with Crippen LogP contribution in [0.15, 0.2) is 54.6 Å². The Bertz CT molecular complexity index is 891. The fourth-order valence-electron chi connectivity index (χ4n) is 3.53. The van der Waals surface area contributed by atoms with E-state index in [0.717, 1.165) is 0 Å². The van der Waals surface area contributed by atoms with Crippen LogP contribution < -0.4 is 5.32 Å². The standard InChI is InChI=1S/C22H22ClF3N2O3/c23-17-8-10-18(11-9-17)27-21(30)31-19(22(24,25)26)14-28-12-4-7-16(13-28)20(29)15-5-2-1-3-6-15/h1-3,5-6,8-11,16,19H,4,7,12-14H2,(H,27,30)/t16-,19?/m0/s1. The zero-order valence-corrected chi connectivity index (χ0v) is 17.3. The van der Waals surface area contributed by atoms with Crippen molar-refractivity contribution in [3.63, 3.8) is 0 Å². The highest BCUT2D eigenvalue weighted by atomic mass is 35.5. The van der Waals surface area contributed by atoms with Gasteiger partial charge in [0.05, 0.1) is 0 Å². The second kappa shape index (κ2) is 10.2. The topological polar surface area (TPSA) is 58.6 Å². The summed E-state index contributed by atoms with van der Waals surface area (Å²) in [6, 6.07) is 14.6. The number of hydrogen-bond acceptors (Lipinski definition) is 4. The molecule has 0 radical (unpaired) electrons. The average Bonchev–Trinajstić information content (AvgIpc) is 2.74. The number of Topliss-reactive ketones (excluding diaryl/α,β-unsaturated/α-hetero) is 1. The molecule has 0 aromatic heterocycles. The number of benzene rings is 2. The lowest BCUT2D eigenvalue weighted by Crippen LogP contribution is -2.48. The summed E-state index contributed by atoms with van der Waals surface area (Å²) in [6.45, 7) is 0.0475. The smallest absolute Gasteiger partial charge is 0.426 e. The van der Waals surface area contributed by atoms with Crippen molar-refractivity contribution in [3.8, 4) is 0 Å². The Morgan fingerprint density at radius 2 is 1.81 bits per heavy atom. The lowest BCUT2D eigenvalue weighted by atomic mass is 9.90. The molecular formula is C22H22ClF3N2O3. The maximum Gasteiger partial charge on any atom is 0.426 e. The molecule has 31 heavy (non-hydrogen) atoms. The largest absolute Gasteiger partial charge is 0.435 e. The van der Waals surface area contributed by atoms with Gasteiger partial charge in [-0.05, 0) is 43.7 Å². The number of nitrogens with zero attached hydrogens (tertiary/aromatic N) is 1. The highest BCUT2D eigenvalue weighted by Gasteiger charge is 2.44. The Morgan fingerprint density at radius 1 is 1.13 bits per heavy atom. The minimum atomic E-state index is -4.74. The molecule has 3 rings (SSSR count). The summed E-state index contributed by atoms with van der Waals surface area (Å²) >= 11 is 5.75. The number of nitrogens with one attached hydrogen (secondary N) is 1. The van der Waals surface area contributed by atoms with E-state index < -0.39 is 30.8 Å². The first-order chi connectivity index (χ1) is 14.7. The van der Waals surface area contributed by atoms with Crippen LogP contribution in [-0.4, -0.2) is 48.7 Å². The van der Waals surface area contributed by atoms with Gasteiger partial charge in [0.2, 0.25) is 6.10 Å². The first-order valence-corrected chi connectivity index (χ1v) is 10.2. The van der Waals surface area contributed by atoms with E-state index in [1.807, 2.05) is 0 Å². The van der Waals surface area contributed by atoms with Crippen molar-refractivity contribution in [2.45, 2.75) is 25.1 Å². The number of amides is 1. The summed E-state index contributed by atoms with van der Waals surface area (Å²) in [4.78, 5) is 26.2. The fraction of sp³-hybridized carbons (Fsp3) is 0.364. The lowest BCUT2D eigenvalue weighted by Gasteiger charge is -2.34. The Balaban J connectivity index is 1.61. The molecule has 166 valence electrons. The minimum Gasteiger partial charge on any atom is -0.435 e. The molecule has 1 aliphatic heterocycles. The second-order valence-electron chi connectivity index (χ2n) is 7.40. The second-order valence-corrected chi connectivity index (χ2v) is 7.83. The highest BCUT2D eigenvalue weighted by Crippen LogP contribution is 2.27. The number of ether oxygens (including phenoxy) is 1. The van der Waals surface area contributed by atoms with Gasteiger partial charge >= 0.3 is 12.3 Å². The zero-order valence-electron chi connectivity index (χ0n) is 16.6. The number of alkyl halides is 3. The van der Waals surface area contributed by atoms with E-state index in [9.17, 15) is 22.8 Å². The average molecular weight is 455 g/mol. The maximum absolute atomic E-state index is 13.5. The van der Waals surface area contributed by atoms with Crippen molar-refractivity contribution in [1.82, 2.24) is 4.90 Å². The third kappa shape index (κ3) is 6.70. The van der Waals surface area contributed by atoms with Crippen molar-refractivity contribution >= 4 is 29.2 Å². The van der Waals surface area contributed by atoms with E-state index >= 15 is 0 Å². The van der Waals surface area contributed by atoms with Gasteiger partial charge in [0.15, 0.2) is 5.78 Å². The predicted octanol–water partition coefficient (Wildman–Crippen LogP) is 5.41. The molecule has 1 unspecified atom stereocenters. The van der Waals surface area contributed by atoms with Crippen LogP contribution in [0.1, 0.15) is 23.2 Å². The molecule has 0 bridgehead atoms. The van der Waals surface area contributed by atoms with Crippen LogP contribution in [0.3, 0.4) is 0 Å². The molecule has 1 fully saturated rings. The minimum absolute atomic E-state index is 0.0877. The zero-order chi connectivity index (χ0) is 22.4. The third-order valence-electron chi connectivity index (χ3n) is 5.06. The summed E-state index contributed by atoms with van der Waals surface area (Å²) in [5, 5.41) is 2.69. The van der Waals surface area contributed by atoms with Gasteiger partial charge in [0.1, 0.15) is 0 Å².